The van der Waals surface area contributed by atoms with Crippen molar-refractivity contribution < 1.29 is 19.4 Å². The summed E-state index contributed by atoms with van der Waals surface area (Å²) in [7, 11) is 1.60. The number of carboxylic acids is 1. The maximum Gasteiger partial charge on any atom is 0.360 e. The Morgan fingerprint density at radius 2 is 1.89 bits per heavy atom. The predicted molar refractivity (Wildman–Crippen MR) is 66.9 cm³/mol. The minimum absolute atomic E-state index is 0.0336. The molecule has 0 amide bonds. The first kappa shape index (κ1) is 12.8. The largest absolute Gasteiger partial charge is 0.476 e. The van der Waals surface area contributed by atoms with E-state index in [1.165, 1.54) is 11.6 Å². The first-order valence-corrected chi connectivity index (χ1v) is 5.55. The first-order valence-electron chi connectivity index (χ1n) is 5.55. The fourth-order valence-corrected chi connectivity index (χ4v) is 1.80. The van der Waals surface area contributed by atoms with Crippen LogP contribution in [0.3, 0.4) is 0 Å². The summed E-state index contributed by atoms with van der Waals surface area (Å²) in [5, 5.41) is 13.0. The molecule has 0 saturated heterocycles. The quantitative estimate of drug-likeness (QED) is 0.849. The van der Waals surface area contributed by atoms with E-state index in [1.807, 2.05) is 6.07 Å². The Balaban J connectivity index is 2.65. The van der Waals surface area contributed by atoms with Crippen LogP contribution in [0.4, 0.5) is 0 Å². The van der Waals surface area contributed by atoms with Crippen LogP contribution in [-0.4, -0.2) is 26.8 Å². The van der Waals surface area contributed by atoms with Gasteiger partial charge in [0.25, 0.3) is 0 Å². The zero-order valence-electron chi connectivity index (χ0n) is 10.5. The molecule has 0 aliphatic heterocycles. The summed E-state index contributed by atoms with van der Waals surface area (Å²) in [6.07, 6.45) is 0. The molecule has 1 aromatic heterocycles. The summed E-state index contributed by atoms with van der Waals surface area (Å²) in [6, 6.07) is 9.02. The number of benzene rings is 1. The van der Waals surface area contributed by atoms with Gasteiger partial charge in [0.2, 0.25) is 5.69 Å². The third-order valence-electron chi connectivity index (χ3n) is 2.50. The fourth-order valence-electron chi connectivity index (χ4n) is 1.80. The summed E-state index contributed by atoms with van der Waals surface area (Å²) in [5.74, 6) is -1.87. The molecule has 2 aromatic rings. The van der Waals surface area contributed by atoms with Gasteiger partial charge in [-0.25, -0.2) is 4.79 Å². The molecular formula is C13H12N2O4. The van der Waals surface area contributed by atoms with Crippen molar-refractivity contribution in [1.82, 2.24) is 9.78 Å². The zero-order valence-corrected chi connectivity index (χ0v) is 10.5. The van der Waals surface area contributed by atoms with Gasteiger partial charge in [0, 0.05) is 19.5 Å². The Morgan fingerprint density at radius 3 is 2.42 bits per heavy atom. The second-order valence-corrected chi connectivity index (χ2v) is 3.91. The monoisotopic (exact) mass is 260 g/mol. The Kier molecular flexibility index (Phi) is 3.33. The number of carboxylic acid groups (broad SMARTS) is 1. The van der Waals surface area contributed by atoms with Gasteiger partial charge >= 0.3 is 11.9 Å². The minimum Gasteiger partial charge on any atom is -0.476 e. The molecule has 0 spiro atoms. The third kappa shape index (κ3) is 2.47. The standard InChI is InChI=1S/C13H12N2O4/c1-8(16)19-12-10(13(17)18)14-15(2)11(12)9-6-4-3-5-7-9/h3-7H,1-2H3,(H,17,18). The van der Waals surface area contributed by atoms with E-state index in [4.69, 9.17) is 9.84 Å². The summed E-state index contributed by atoms with van der Waals surface area (Å²) >= 11 is 0. The van der Waals surface area contributed by atoms with E-state index in [0.29, 0.717) is 5.69 Å². The lowest BCUT2D eigenvalue weighted by molar-refractivity contribution is -0.131. The SMILES string of the molecule is CC(=O)Oc1c(C(=O)O)nn(C)c1-c1ccccc1. The van der Waals surface area contributed by atoms with Crippen LogP contribution in [0.1, 0.15) is 17.4 Å². The molecular weight excluding hydrogens is 248 g/mol. The number of aryl methyl sites for hydroxylation is 1. The number of esters is 1. The van der Waals surface area contributed by atoms with Crippen molar-refractivity contribution in [2.45, 2.75) is 6.92 Å². The minimum atomic E-state index is -1.24. The Hall–Kier alpha value is -2.63. The molecule has 0 unspecified atom stereocenters. The fraction of sp³-hybridized carbons (Fsp3) is 0.154. The normalized spacial score (nSPS) is 10.2. The predicted octanol–water partition coefficient (Wildman–Crippen LogP) is 1.71. The molecule has 1 heterocycles. The van der Waals surface area contributed by atoms with Crippen LogP contribution in [-0.2, 0) is 11.8 Å². The van der Waals surface area contributed by atoms with Crippen LogP contribution in [0.15, 0.2) is 30.3 Å². The van der Waals surface area contributed by atoms with Crippen LogP contribution in [0.2, 0.25) is 0 Å². The maximum atomic E-state index is 11.1. The van der Waals surface area contributed by atoms with Crippen LogP contribution in [0, 0.1) is 0 Å². The van der Waals surface area contributed by atoms with Crippen molar-refractivity contribution in [3.05, 3.63) is 36.0 Å². The van der Waals surface area contributed by atoms with Gasteiger partial charge in [-0.3, -0.25) is 9.48 Å². The van der Waals surface area contributed by atoms with Gasteiger partial charge < -0.3 is 9.84 Å². The molecule has 19 heavy (non-hydrogen) atoms. The van der Waals surface area contributed by atoms with Crippen LogP contribution >= 0.6 is 0 Å². The smallest absolute Gasteiger partial charge is 0.360 e. The highest BCUT2D eigenvalue weighted by Crippen LogP contribution is 2.32. The van der Waals surface area contributed by atoms with E-state index < -0.39 is 11.9 Å². The van der Waals surface area contributed by atoms with Crippen molar-refractivity contribution in [3.8, 4) is 17.0 Å². The van der Waals surface area contributed by atoms with Crippen LogP contribution < -0.4 is 4.74 Å². The molecule has 0 aliphatic carbocycles. The highest BCUT2D eigenvalue weighted by molar-refractivity contribution is 5.93. The number of hydrogen-bond acceptors (Lipinski definition) is 4. The number of ether oxygens (including phenoxy) is 1. The molecule has 6 heteroatoms. The first-order chi connectivity index (χ1) is 9.00. The number of carbonyl (C=O) groups is 2. The summed E-state index contributed by atoms with van der Waals surface area (Å²) in [6.45, 7) is 1.22. The van der Waals surface area contributed by atoms with Crippen molar-refractivity contribution in [2.24, 2.45) is 7.05 Å². The molecule has 0 aliphatic rings. The molecule has 1 N–H and O–H groups in total. The summed E-state index contributed by atoms with van der Waals surface area (Å²) in [5.41, 5.74) is 0.894. The third-order valence-corrected chi connectivity index (χ3v) is 2.50. The number of hydrogen-bond donors (Lipinski definition) is 1. The lowest BCUT2D eigenvalue weighted by Crippen LogP contribution is -2.06. The summed E-state index contributed by atoms with van der Waals surface area (Å²) < 4.78 is 6.40. The van der Waals surface area contributed by atoms with Gasteiger partial charge in [-0.2, -0.15) is 5.10 Å². The van der Waals surface area contributed by atoms with E-state index in [1.54, 1.807) is 31.3 Å². The number of nitrogens with zero attached hydrogens (tertiary/aromatic N) is 2. The van der Waals surface area contributed by atoms with E-state index >= 15 is 0 Å². The lowest BCUT2D eigenvalue weighted by Gasteiger charge is -2.05. The molecule has 2 rings (SSSR count). The van der Waals surface area contributed by atoms with Crippen molar-refractivity contribution in [3.63, 3.8) is 0 Å². The molecule has 0 radical (unpaired) electrons. The molecule has 0 bridgehead atoms. The molecule has 0 fully saturated rings. The van der Waals surface area contributed by atoms with Gasteiger partial charge in [0.15, 0.2) is 5.75 Å². The van der Waals surface area contributed by atoms with Crippen molar-refractivity contribution in [1.29, 1.82) is 0 Å². The molecule has 98 valence electrons. The van der Waals surface area contributed by atoms with E-state index in [-0.39, 0.29) is 11.4 Å². The number of aromatic nitrogens is 2. The number of carbonyl (C=O) groups excluding carboxylic acids is 1. The van der Waals surface area contributed by atoms with Gasteiger partial charge in [-0.1, -0.05) is 30.3 Å². The Bertz CT molecular complexity index is 632. The van der Waals surface area contributed by atoms with Crippen LogP contribution in [0.25, 0.3) is 11.3 Å². The second kappa shape index (κ2) is 4.93. The number of aromatic carboxylic acids is 1. The summed E-state index contributed by atoms with van der Waals surface area (Å²) in [4.78, 5) is 22.3. The van der Waals surface area contributed by atoms with E-state index in [0.717, 1.165) is 5.56 Å². The second-order valence-electron chi connectivity index (χ2n) is 3.91. The highest BCUT2D eigenvalue weighted by Gasteiger charge is 2.25. The highest BCUT2D eigenvalue weighted by atomic mass is 16.5. The Labute approximate surface area is 109 Å². The average molecular weight is 260 g/mol. The molecule has 1 aromatic carbocycles. The van der Waals surface area contributed by atoms with Gasteiger partial charge in [-0.05, 0) is 0 Å². The van der Waals surface area contributed by atoms with E-state index in [9.17, 15) is 9.59 Å². The number of rotatable bonds is 3. The molecule has 6 nitrogen and oxygen atoms in total. The van der Waals surface area contributed by atoms with Crippen LogP contribution in [0.5, 0.6) is 5.75 Å². The van der Waals surface area contributed by atoms with Crippen molar-refractivity contribution in [2.75, 3.05) is 0 Å². The Morgan fingerprint density at radius 1 is 1.26 bits per heavy atom. The molecule has 0 atom stereocenters. The molecule has 0 saturated carbocycles. The van der Waals surface area contributed by atoms with Gasteiger partial charge in [-0.15, -0.1) is 0 Å². The van der Waals surface area contributed by atoms with Crippen molar-refractivity contribution >= 4 is 11.9 Å². The van der Waals surface area contributed by atoms with Gasteiger partial charge in [0.05, 0.1) is 0 Å². The average Bonchev–Trinajstić information content (AvgIpc) is 2.66. The maximum absolute atomic E-state index is 11.1. The van der Waals surface area contributed by atoms with E-state index in [2.05, 4.69) is 5.10 Å². The topological polar surface area (TPSA) is 81.4 Å². The zero-order chi connectivity index (χ0) is 14.0. The lowest BCUT2D eigenvalue weighted by atomic mass is 10.1. The van der Waals surface area contributed by atoms with Gasteiger partial charge in [0.1, 0.15) is 5.69 Å².